The minimum Gasteiger partial charge on any atom is -0.328 e. The van der Waals surface area contributed by atoms with Crippen LogP contribution in [0, 0.1) is 0 Å². The lowest BCUT2D eigenvalue weighted by Gasteiger charge is -1.95. The Balaban J connectivity index is 0. The standard InChI is InChI=1S/C4H10BrN.BrH/c1-4(6)2-3-5;/h4H,2-3,6H2,1H3;1H/t4-;/m1./s1. The second-order valence-electron chi connectivity index (χ2n) is 1.45. The summed E-state index contributed by atoms with van der Waals surface area (Å²) >= 11 is 3.27. The highest BCUT2D eigenvalue weighted by Gasteiger charge is 1.86. The third-order valence-electron chi connectivity index (χ3n) is 0.564. The van der Waals surface area contributed by atoms with E-state index >= 15 is 0 Å². The Hall–Kier alpha value is 0.920. The van der Waals surface area contributed by atoms with Gasteiger partial charge in [-0.25, -0.2) is 0 Å². The summed E-state index contributed by atoms with van der Waals surface area (Å²) in [5.41, 5.74) is 5.37. The van der Waals surface area contributed by atoms with E-state index < -0.39 is 0 Å². The molecule has 0 aliphatic carbocycles. The minimum atomic E-state index is 0. The Morgan fingerprint density at radius 1 is 1.71 bits per heavy atom. The van der Waals surface area contributed by atoms with Crippen LogP contribution in [0.15, 0.2) is 0 Å². The highest BCUT2D eigenvalue weighted by Crippen LogP contribution is 1.89. The first-order chi connectivity index (χ1) is 2.77. The summed E-state index contributed by atoms with van der Waals surface area (Å²) in [7, 11) is 0. The summed E-state index contributed by atoms with van der Waals surface area (Å²) in [5.74, 6) is 0. The van der Waals surface area contributed by atoms with Crippen molar-refractivity contribution in [2.75, 3.05) is 5.33 Å². The van der Waals surface area contributed by atoms with Crippen LogP contribution in [0.5, 0.6) is 0 Å². The molecule has 0 bridgehead atoms. The molecule has 3 heteroatoms. The molecular formula is C4H11Br2N. The Morgan fingerprint density at radius 2 is 2.14 bits per heavy atom. The summed E-state index contributed by atoms with van der Waals surface area (Å²) in [6.07, 6.45) is 1.07. The summed E-state index contributed by atoms with van der Waals surface area (Å²) in [5, 5.41) is 1.02. The number of hydrogen-bond donors (Lipinski definition) is 1. The molecular weight excluding hydrogens is 222 g/mol. The topological polar surface area (TPSA) is 26.0 Å². The van der Waals surface area contributed by atoms with Gasteiger partial charge < -0.3 is 5.73 Å². The summed E-state index contributed by atoms with van der Waals surface area (Å²) in [6, 6.07) is 0.351. The van der Waals surface area contributed by atoms with Crippen LogP contribution in [0.25, 0.3) is 0 Å². The maximum absolute atomic E-state index is 5.37. The quantitative estimate of drug-likeness (QED) is 0.721. The molecule has 0 fully saturated rings. The second-order valence-corrected chi connectivity index (χ2v) is 2.25. The molecule has 0 rings (SSSR count). The highest BCUT2D eigenvalue weighted by atomic mass is 79.9. The van der Waals surface area contributed by atoms with Crippen LogP contribution < -0.4 is 5.73 Å². The molecule has 0 saturated heterocycles. The van der Waals surface area contributed by atoms with Gasteiger partial charge in [-0.05, 0) is 13.3 Å². The normalized spacial score (nSPS) is 12.4. The van der Waals surface area contributed by atoms with E-state index in [9.17, 15) is 0 Å². The monoisotopic (exact) mass is 231 g/mol. The third-order valence-corrected chi connectivity index (χ3v) is 1.02. The number of halogens is 2. The average Bonchev–Trinajstić information content (AvgIpc) is 1.35. The van der Waals surface area contributed by atoms with Crippen molar-refractivity contribution in [2.45, 2.75) is 19.4 Å². The van der Waals surface area contributed by atoms with Gasteiger partial charge in [-0.1, -0.05) is 15.9 Å². The maximum Gasteiger partial charge on any atom is 0.00459 e. The first-order valence-electron chi connectivity index (χ1n) is 2.09. The summed E-state index contributed by atoms with van der Waals surface area (Å²) in [6.45, 7) is 2.00. The van der Waals surface area contributed by atoms with Gasteiger partial charge in [0.25, 0.3) is 0 Å². The summed E-state index contributed by atoms with van der Waals surface area (Å²) in [4.78, 5) is 0. The van der Waals surface area contributed by atoms with Gasteiger partial charge in [0.1, 0.15) is 0 Å². The third kappa shape index (κ3) is 10.9. The molecule has 0 aromatic carbocycles. The van der Waals surface area contributed by atoms with E-state index in [1.165, 1.54) is 0 Å². The van der Waals surface area contributed by atoms with Crippen LogP contribution in [0.2, 0.25) is 0 Å². The Bertz CT molecular complexity index is 30.9. The SMILES string of the molecule is Br.C[C@@H](N)CCBr. The predicted octanol–water partition coefficient (Wildman–Crippen LogP) is 1.70. The molecule has 0 radical (unpaired) electrons. The first kappa shape index (κ1) is 10.8. The molecule has 1 atom stereocenters. The second kappa shape index (κ2) is 6.92. The van der Waals surface area contributed by atoms with Crippen molar-refractivity contribution in [3.63, 3.8) is 0 Å². The molecule has 0 aromatic rings. The van der Waals surface area contributed by atoms with Gasteiger partial charge in [0.2, 0.25) is 0 Å². The van der Waals surface area contributed by atoms with E-state index in [1.54, 1.807) is 0 Å². The number of alkyl halides is 1. The van der Waals surface area contributed by atoms with E-state index in [-0.39, 0.29) is 17.0 Å². The Labute approximate surface area is 63.6 Å². The van der Waals surface area contributed by atoms with Gasteiger partial charge in [-0.3, -0.25) is 0 Å². The molecule has 0 heterocycles. The largest absolute Gasteiger partial charge is 0.328 e. The molecule has 0 amide bonds. The molecule has 0 aliphatic rings. The van der Waals surface area contributed by atoms with Crippen molar-refractivity contribution >= 4 is 32.9 Å². The summed E-state index contributed by atoms with van der Waals surface area (Å²) < 4.78 is 0. The zero-order valence-corrected chi connectivity index (χ0v) is 7.65. The Morgan fingerprint density at radius 3 is 2.14 bits per heavy atom. The predicted molar refractivity (Wildman–Crippen MR) is 42.4 cm³/mol. The fourth-order valence-electron chi connectivity index (χ4n) is 0.172. The smallest absolute Gasteiger partial charge is 0.00459 e. The van der Waals surface area contributed by atoms with Gasteiger partial charge in [-0.2, -0.15) is 0 Å². The van der Waals surface area contributed by atoms with Crippen LogP contribution in [-0.2, 0) is 0 Å². The van der Waals surface area contributed by atoms with E-state index in [4.69, 9.17) is 5.73 Å². The molecule has 0 aliphatic heterocycles. The van der Waals surface area contributed by atoms with Crippen LogP contribution >= 0.6 is 32.9 Å². The van der Waals surface area contributed by atoms with Crippen molar-refractivity contribution in [1.82, 2.24) is 0 Å². The van der Waals surface area contributed by atoms with E-state index in [0.29, 0.717) is 6.04 Å². The molecule has 1 nitrogen and oxygen atoms in total. The van der Waals surface area contributed by atoms with Crippen LogP contribution in [0.3, 0.4) is 0 Å². The van der Waals surface area contributed by atoms with Gasteiger partial charge in [-0.15, -0.1) is 17.0 Å². The molecule has 0 unspecified atom stereocenters. The molecule has 0 aromatic heterocycles. The van der Waals surface area contributed by atoms with E-state index in [1.807, 2.05) is 6.92 Å². The van der Waals surface area contributed by atoms with Crippen molar-refractivity contribution in [2.24, 2.45) is 5.73 Å². The lowest BCUT2D eigenvalue weighted by atomic mass is 10.3. The fraction of sp³-hybridized carbons (Fsp3) is 1.00. The van der Waals surface area contributed by atoms with Crippen LogP contribution in [0.1, 0.15) is 13.3 Å². The first-order valence-corrected chi connectivity index (χ1v) is 3.21. The average molecular weight is 233 g/mol. The lowest BCUT2D eigenvalue weighted by Crippen LogP contribution is -2.14. The highest BCUT2D eigenvalue weighted by molar-refractivity contribution is 9.09. The van der Waals surface area contributed by atoms with Crippen molar-refractivity contribution in [3.05, 3.63) is 0 Å². The zero-order chi connectivity index (χ0) is 4.99. The van der Waals surface area contributed by atoms with Gasteiger partial charge in [0, 0.05) is 11.4 Å². The molecule has 46 valence electrons. The number of rotatable bonds is 2. The van der Waals surface area contributed by atoms with Crippen LogP contribution in [-0.4, -0.2) is 11.4 Å². The minimum absolute atomic E-state index is 0. The van der Waals surface area contributed by atoms with Gasteiger partial charge in [0.15, 0.2) is 0 Å². The molecule has 2 N–H and O–H groups in total. The molecule has 0 spiro atoms. The van der Waals surface area contributed by atoms with E-state index in [0.717, 1.165) is 11.8 Å². The van der Waals surface area contributed by atoms with E-state index in [2.05, 4.69) is 15.9 Å². The van der Waals surface area contributed by atoms with Crippen molar-refractivity contribution in [1.29, 1.82) is 0 Å². The fourth-order valence-corrected chi connectivity index (χ4v) is 0.894. The lowest BCUT2D eigenvalue weighted by molar-refractivity contribution is 0.724. The Kier molecular flexibility index (Phi) is 10.7. The zero-order valence-electron chi connectivity index (χ0n) is 4.36. The maximum atomic E-state index is 5.37. The van der Waals surface area contributed by atoms with Gasteiger partial charge in [0.05, 0.1) is 0 Å². The van der Waals surface area contributed by atoms with Crippen molar-refractivity contribution in [3.8, 4) is 0 Å². The molecule has 7 heavy (non-hydrogen) atoms. The molecule has 0 saturated carbocycles. The van der Waals surface area contributed by atoms with Gasteiger partial charge >= 0.3 is 0 Å². The number of nitrogens with two attached hydrogens (primary N) is 1. The van der Waals surface area contributed by atoms with Crippen LogP contribution in [0.4, 0.5) is 0 Å². The van der Waals surface area contributed by atoms with Crippen molar-refractivity contribution < 1.29 is 0 Å². The number of hydrogen-bond acceptors (Lipinski definition) is 1.